The molecule has 2 atom stereocenters. The molecular formula is C21H21N4O4-. The predicted octanol–water partition coefficient (Wildman–Crippen LogP) is 2.29. The van der Waals surface area contributed by atoms with E-state index in [9.17, 15) is 14.8 Å². The predicted molar refractivity (Wildman–Crippen MR) is 108 cm³/mol. The summed E-state index contributed by atoms with van der Waals surface area (Å²) >= 11 is 0. The van der Waals surface area contributed by atoms with Gasteiger partial charge in [0, 0.05) is 61.0 Å². The largest absolute Gasteiger partial charge is 0.733 e. The Hall–Kier alpha value is -3.10. The number of rotatable bonds is 2. The van der Waals surface area contributed by atoms with E-state index in [2.05, 4.69) is 0 Å². The molecule has 2 unspecified atom stereocenters. The van der Waals surface area contributed by atoms with E-state index in [1.54, 1.807) is 10.6 Å². The van der Waals surface area contributed by atoms with E-state index in [1.165, 1.54) is 6.07 Å². The number of carbonyl (C=O) groups is 1. The Morgan fingerprint density at radius 2 is 2.00 bits per heavy atom. The highest BCUT2D eigenvalue weighted by Gasteiger charge is 2.37. The van der Waals surface area contributed by atoms with Crippen LogP contribution in [-0.2, 0) is 13.6 Å². The minimum atomic E-state index is -0.482. The highest BCUT2D eigenvalue weighted by molar-refractivity contribution is 5.98. The molecule has 1 N–H and O–H groups in total. The number of piperidine rings is 1. The zero-order valence-electron chi connectivity index (χ0n) is 16.0. The van der Waals surface area contributed by atoms with Crippen LogP contribution < -0.4 is 10.8 Å². The quantitative estimate of drug-likeness (QED) is 0.674. The Balaban J connectivity index is 1.44. The maximum atomic E-state index is 13.2. The van der Waals surface area contributed by atoms with E-state index in [4.69, 9.17) is 5.21 Å². The molecule has 8 heteroatoms. The summed E-state index contributed by atoms with van der Waals surface area (Å²) in [5, 5.41) is 21.0. The van der Waals surface area contributed by atoms with Gasteiger partial charge in [-0.25, -0.2) is 0 Å². The molecule has 0 radical (unpaired) electrons. The van der Waals surface area contributed by atoms with Crippen LogP contribution in [0.4, 0.5) is 5.69 Å². The van der Waals surface area contributed by atoms with E-state index in [0.717, 1.165) is 23.0 Å². The van der Waals surface area contributed by atoms with E-state index in [0.29, 0.717) is 25.2 Å². The summed E-state index contributed by atoms with van der Waals surface area (Å²) < 4.78 is 3.60. The Kier molecular flexibility index (Phi) is 4.01. The summed E-state index contributed by atoms with van der Waals surface area (Å²) in [5.74, 6) is 0.170. The van der Waals surface area contributed by atoms with Gasteiger partial charge in [-0.3, -0.25) is 14.8 Å². The molecule has 0 aliphatic carbocycles. The average molecular weight is 393 g/mol. The first-order valence-electron chi connectivity index (χ1n) is 9.66. The molecule has 0 saturated carbocycles. The maximum absolute atomic E-state index is 13.2. The molecule has 0 spiro atoms. The van der Waals surface area contributed by atoms with Crippen LogP contribution in [0.3, 0.4) is 0 Å². The van der Waals surface area contributed by atoms with Crippen LogP contribution in [0, 0.1) is 11.1 Å². The van der Waals surface area contributed by atoms with Crippen molar-refractivity contribution in [3.8, 4) is 0 Å². The molecule has 1 aromatic carbocycles. The Morgan fingerprint density at radius 3 is 2.79 bits per heavy atom. The standard InChI is InChI=1S/C21H21N4O4/c1-22-7-6-14-9-15(2-3-17(14)22)20(26)23-10-13-8-16(12-23)18-4-5-19(25(28)29)21(27)24(18)11-13/h2-7,9,13,16,28H,8,10-12H2,1H3/q-1. The van der Waals surface area contributed by atoms with Crippen molar-refractivity contribution in [2.45, 2.75) is 18.9 Å². The molecule has 1 amide bonds. The first kappa shape index (κ1) is 18.0. The number of nitrogens with zero attached hydrogens (tertiary/aromatic N) is 4. The number of hydrogen-bond donors (Lipinski definition) is 1. The minimum Gasteiger partial charge on any atom is -0.733 e. The number of anilines is 1. The third-order valence-corrected chi connectivity index (χ3v) is 6.21. The van der Waals surface area contributed by atoms with E-state index >= 15 is 0 Å². The first-order chi connectivity index (χ1) is 13.9. The van der Waals surface area contributed by atoms with Crippen LogP contribution >= 0.6 is 0 Å². The second-order valence-corrected chi connectivity index (χ2v) is 8.04. The van der Waals surface area contributed by atoms with E-state index in [1.807, 2.05) is 47.0 Å². The molecule has 5 rings (SSSR count). The van der Waals surface area contributed by atoms with Crippen molar-refractivity contribution in [1.29, 1.82) is 0 Å². The molecule has 2 bridgehead atoms. The number of aromatic nitrogens is 2. The van der Waals surface area contributed by atoms with Gasteiger partial charge in [0.15, 0.2) is 0 Å². The first-order valence-corrected chi connectivity index (χ1v) is 9.66. The summed E-state index contributed by atoms with van der Waals surface area (Å²) in [5.41, 5.74) is 1.80. The highest BCUT2D eigenvalue weighted by atomic mass is 16.8. The fraction of sp³-hybridized carbons (Fsp3) is 0.333. The third-order valence-electron chi connectivity index (χ3n) is 6.21. The summed E-state index contributed by atoms with van der Waals surface area (Å²) in [4.78, 5) is 27.6. The molecule has 1 fully saturated rings. The van der Waals surface area contributed by atoms with Gasteiger partial charge in [-0.1, -0.05) is 0 Å². The SMILES string of the molecule is Cn1ccc2cc(C(=O)N3CC4CC(C3)c3ccc(N([O-])O)c(=O)n3C4)ccc21. The number of amides is 1. The van der Waals surface area contributed by atoms with Crippen molar-refractivity contribution in [3.05, 3.63) is 69.4 Å². The van der Waals surface area contributed by atoms with Gasteiger partial charge in [0.25, 0.3) is 11.5 Å². The smallest absolute Gasteiger partial charge is 0.275 e. The van der Waals surface area contributed by atoms with Crippen molar-refractivity contribution in [2.24, 2.45) is 13.0 Å². The summed E-state index contributed by atoms with van der Waals surface area (Å²) in [6, 6.07) is 10.8. The molecule has 2 aliphatic heterocycles. The van der Waals surface area contributed by atoms with Crippen LogP contribution in [-0.4, -0.2) is 38.2 Å². The van der Waals surface area contributed by atoms with Crippen molar-refractivity contribution in [3.63, 3.8) is 0 Å². The lowest BCUT2D eigenvalue weighted by molar-refractivity contribution is 0.0594. The van der Waals surface area contributed by atoms with Gasteiger partial charge in [0.2, 0.25) is 0 Å². The zero-order chi connectivity index (χ0) is 20.3. The number of benzene rings is 1. The van der Waals surface area contributed by atoms with Gasteiger partial charge in [0.05, 0.1) is 0 Å². The van der Waals surface area contributed by atoms with Gasteiger partial charge in [-0.2, -0.15) is 0 Å². The van der Waals surface area contributed by atoms with E-state index in [-0.39, 0.29) is 28.7 Å². The maximum Gasteiger partial charge on any atom is 0.275 e. The molecule has 8 nitrogen and oxygen atoms in total. The lowest BCUT2D eigenvalue weighted by Crippen LogP contribution is -2.49. The second kappa shape index (κ2) is 6.47. The van der Waals surface area contributed by atoms with Gasteiger partial charge < -0.3 is 24.5 Å². The van der Waals surface area contributed by atoms with Gasteiger partial charge in [-0.05, 0) is 48.7 Å². The third kappa shape index (κ3) is 2.83. The lowest BCUT2D eigenvalue weighted by atomic mass is 9.83. The molecule has 2 aromatic heterocycles. The number of aryl methyl sites for hydroxylation is 1. The molecular weight excluding hydrogens is 372 g/mol. The van der Waals surface area contributed by atoms with Crippen molar-refractivity contribution in [1.82, 2.24) is 14.0 Å². The fourth-order valence-electron chi connectivity index (χ4n) is 4.84. The molecule has 2 aliphatic rings. The van der Waals surface area contributed by atoms with Gasteiger partial charge in [0.1, 0.15) is 5.69 Å². The van der Waals surface area contributed by atoms with Gasteiger partial charge >= 0.3 is 0 Å². The molecule has 3 aromatic rings. The second-order valence-electron chi connectivity index (χ2n) is 8.04. The number of hydrogen-bond acceptors (Lipinski definition) is 5. The minimum absolute atomic E-state index is 0.000961. The summed E-state index contributed by atoms with van der Waals surface area (Å²) in [7, 11) is 1.98. The van der Waals surface area contributed by atoms with Gasteiger partial charge in [-0.15, -0.1) is 0 Å². The molecule has 4 heterocycles. The number of fused-ring (bicyclic) bond motifs is 5. The monoisotopic (exact) mass is 393 g/mol. The van der Waals surface area contributed by atoms with Crippen molar-refractivity contribution < 1.29 is 10.0 Å². The van der Waals surface area contributed by atoms with Crippen molar-refractivity contribution >= 4 is 22.5 Å². The van der Waals surface area contributed by atoms with Crippen LogP contribution in [0.1, 0.15) is 28.4 Å². The Labute approximate surface area is 166 Å². The number of likely N-dealkylation sites (tertiary alicyclic amines) is 1. The van der Waals surface area contributed by atoms with E-state index < -0.39 is 5.56 Å². The topological polar surface area (TPSA) is 93.8 Å². The molecule has 150 valence electrons. The lowest BCUT2D eigenvalue weighted by Gasteiger charge is -2.43. The van der Waals surface area contributed by atoms with Crippen molar-refractivity contribution in [2.75, 3.05) is 18.3 Å². The number of pyridine rings is 1. The summed E-state index contributed by atoms with van der Waals surface area (Å²) in [6.45, 7) is 1.54. The van der Waals surface area contributed by atoms with Crippen LogP contribution in [0.15, 0.2) is 47.4 Å². The fourth-order valence-corrected chi connectivity index (χ4v) is 4.84. The van der Waals surface area contributed by atoms with Crippen LogP contribution in [0.2, 0.25) is 0 Å². The Bertz CT molecular complexity index is 1180. The Morgan fingerprint density at radius 1 is 1.17 bits per heavy atom. The summed E-state index contributed by atoms with van der Waals surface area (Å²) in [6.07, 6.45) is 2.88. The average Bonchev–Trinajstić information content (AvgIpc) is 3.08. The van der Waals surface area contributed by atoms with Crippen LogP contribution in [0.25, 0.3) is 10.9 Å². The highest BCUT2D eigenvalue weighted by Crippen LogP contribution is 2.36. The molecule has 29 heavy (non-hydrogen) atoms. The van der Waals surface area contributed by atoms with Crippen LogP contribution in [0.5, 0.6) is 0 Å². The normalized spacial score (nSPS) is 20.6. The molecule has 1 saturated heterocycles. The zero-order valence-corrected chi connectivity index (χ0v) is 16.0. The number of carbonyl (C=O) groups excluding carboxylic acids is 1.